The molecule has 0 saturated carbocycles. The van der Waals surface area contributed by atoms with Gasteiger partial charge in [0.25, 0.3) is 0 Å². The number of β-amino-alcohol motifs (C(OH)–C–C–N with tert-alkyl or cyclic N) is 1. The Hall–Kier alpha value is -0.570. The highest BCUT2D eigenvalue weighted by Crippen LogP contribution is 2.13. The standard InChI is InChI=1S/C14H27NO2/c1-2-3-4-5-6-7-8-9-10-15-12-13(16)11-14(15)17/h13,16H,2-12H2,1H3. The van der Waals surface area contributed by atoms with E-state index in [1.165, 1.54) is 44.9 Å². The first-order valence-electron chi connectivity index (χ1n) is 7.20. The third kappa shape index (κ3) is 6.06. The summed E-state index contributed by atoms with van der Waals surface area (Å²) in [5.41, 5.74) is 0. The number of hydrogen-bond donors (Lipinski definition) is 1. The molecule has 1 aliphatic rings. The fourth-order valence-corrected chi connectivity index (χ4v) is 2.40. The summed E-state index contributed by atoms with van der Waals surface area (Å²) >= 11 is 0. The zero-order chi connectivity index (χ0) is 12.5. The number of amides is 1. The Bertz CT molecular complexity index is 218. The molecule has 100 valence electrons. The average Bonchev–Trinajstić information content (AvgIpc) is 2.61. The lowest BCUT2D eigenvalue weighted by Gasteiger charge is -2.15. The molecule has 1 rings (SSSR count). The Morgan fingerprint density at radius 1 is 1.12 bits per heavy atom. The number of unbranched alkanes of at least 4 members (excludes halogenated alkanes) is 7. The van der Waals surface area contributed by atoms with Crippen LogP contribution >= 0.6 is 0 Å². The highest BCUT2D eigenvalue weighted by molar-refractivity contribution is 5.78. The molecule has 1 heterocycles. The van der Waals surface area contributed by atoms with Gasteiger partial charge in [0.1, 0.15) is 0 Å². The number of likely N-dealkylation sites (tertiary alicyclic amines) is 1. The van der Waals surface area contributed by atoms with Crippen molar-refractivity contribution in [2.75, 3.05) is 13.1 Å². The van der Waals surface area contributed by atoms with Gasteiger partial charge in [-0.15, -0.1) is 0 Å². The predicted molar refractivity (Wildman–Crippen MR) is 69.8 cm³/mol. The molecule has 0 aliphatic carbocycles. The van der Waals surface area contributed by atoms with Crippen LogP contribution in [0.1, 0.15) is 64.7 Å². The Kier molecular flexibility index (Phi) is 7.25. The maximum Gasteiger partial charge on any atom is 0.225 e. The minimum Gasteiger partial charge on any atom is -0.391 e. The van der Waals surface area contributed by atoms with E-state index in [2.05, 4.69) is 6.92 Å². The molecular formula is C14H27NO2. The quantitative estimate of drug-likeness (QED) is 0.631. The SMILES string of the molecule is CCCCCCCCCCN1CC(O)CC1=O. The second-order valence-electron chi connectivity index (χ2n) is 5.17. The summed E-state index contributed by atoms with van der Waals surface area (Å²) in [6.07, 6.45) is 10.2. The van der Waals surface area contributed by atoms with Gasteiger partial charge in [-0.25, -0.2) is 0 Å². The zero-order valence-electron chi connectivity index (χ0n) is 11.2. The van der Waals surface area contributed by atoms with Crippen molar-refractivity contribution >= 4 is 5.91 Å². The van der Waals surface area contributed by atoms with Crippen molar-refractivity contribution in [3.8, 4) is 0 Å². The smallest absolute Gasteiger partial charge is 0.225 e. The van der Waals surface area contributed by atoms with Crippen molar-refractivity contribution in [3.63, 3.8) is 0 Å². The van der Waals surface area contributed by atoms with Crippen molar-refractivity contribution < 1.29 is 9.90 Å². The molecule has 1 aliphatic heterocycles. The van der Waals surface area contributed by atoms with E-state index >= 15 is 0 Å². The lowest BCUT2D eigenvalue weighted by atomic mass is 10.1. The molecule has 1 atom stereocenters. The number of carbonyl (C=O) groups excluding carboxylic acids is 1. The van der Waals surface area contributed by atoms with Gasteiger partial charge in [-0.2, -0.15) is 0 Å². The molecule has 17 heavy (non-hydrogen) atoms. The summed E-state index contributed by atoms with van der Waals surface area (Å²) in [5.74, 6) is 0.125. The van der Waals surface area contributed by atoms with E-state index in [0.717, 1.165) is 13.0 Å². The molecule has 0 aromatic carbocycles. The second kappa shape index (κ2) is 8.51. The predicted octanol–water partition coefficient (Wildman–Crippen LogP) is 2.72. The van der Waals surface area contributed by atoms with Gasteiger partial charge in [0.05, 0.1) is 12.5 Å². The van der Waals surface area contributed by atoms with Crippen LogP contribution in [0.3, 0.4) is 0 Å². The van der Waals surface area contributed by atoms with E-state index in [-0.39, 0.29) is 5.91 Å². The van der Waals surface area contributed by atoms with Crippen LogP contribution in [0.4, 0.5) is 0 Å². The van der Waals surface area contributed by atoms with E-state index in [4.69, 9.17) is 0 Å². The van der Waals surface area contributed by atoms with E-state index in [1.54, 1.807) is 0 Å². The molecule has 1 N–H and O–H groups in total. The Balaban J connectivity index is 1.89. The summed E-state index contributed by atoms with van der Waals surface area (Å²) < 4.78 is 0. The molecule has 0 radical (unpaired) electrons. The molecule has 0 aromatic rings. The number of nitrogens with zero attached hydrogens (tertiary/aromatic N) is 1. The van der Waals surface area contributed by atoms with Crippen LogP contribution in [-0.4, -0.2) is 35.1 Å². The third-order valence-corrected chi connectivity index (χ3v) is 3.48. The molecular weight excluding hydrogens is 214 g/mol. The normalized spacial score (nSPS) is 20.2. The largest absolute Gasteiger partial charge is 0.391 e. The van der Waals surface area contributed by atoms with E-state index in [1.807, 2.05) is 4.90 Å². The van der Waals surface area contributed by atoms with Crippen LogP contribution in [-0.2, 0) is 4.79 Å². The van der Waals surface area contributed by atoms with Gasteiger partial charge in [0, 0.05) is 13.1 Å². The first-order chi connectivity index (χ1) is 8.24. The summed E-state index contributed by atoms with van der Waals surface area (Å²) in [6.45, 7) is 3.63. The number of aliphatic hydroxyl groups excluding tert-OH is 1. The van der Waals surface area contributed by atoms with Gasteiger partial charge < -0.3 is 10.0 Å². The molecule has 0 bridgehead atoms. The van der Waals surface area contributed by atoms with Gasteiger partial charge >= 0.3 is 0 Å². The van der Waals surface area contributed by atoms with Crippen molar-refractivity contribution in [3.05, 3.63) is 0 Å². The van der Waals surface area contributed by atoms with Gasteiger partial charge in [-0.3, -0.25) is 4.79 Å². The second-order valence-corrected chi connectivity index (χ2v) is 5.17. The van der Waals surface area contributed by atoms with E-state index < -0.39 is 6.10 Å². The summed E-state index contributed by atoms with van der Waals surface area (Å²) in [4.78, 5) is 13.2. The van der Waals surface area contributed by atoms with Crippen molar-refractivity contribution in [2.45, 2.75) is 70.8 Å². The number of hydrogen-bond acceptors (Lipinski definition) is 2. The minimum absolute atomic E-state index is 0.125. The van der Waals surface area contributed by atoms with Gasteiger partial charge in [0.15, 0.2) is 0 Å². The Morgan fingerprint density at radius 3 is 2.24 bits per heavy atom. The fraction of sp³-hybridized carbons (Fsp3) is 0.929. The van der Waals surface area contributed by atoms with Crippen LogP contribution < -0.4 is 0 Å². The minimum atomic E-state index is -0.420. The monoisotopic (exact) mass is 241 g/mol. The molecule has 1 amide bonds. The molecule has 1 saturated heterocycles. The summed E-state index contributed by atoms with van der Waals surface area (Å²) in [5, 5.41) is 9.33. The topological polar surface area (TPSA) is 40.5 Å². The molecule has 1 unspecified atom stereocenters. The van der Waals surface area contributed by atoms with Crippen molar-refractivity contribution in [1.29, 1.82) is 0 Å². The summed E-state index contributed by atoms with van der Waals surface area (Å²) in [6, 6.07) is 0. The first-order valence-corrected chi connectivity index (χ1v) is 7.20. The zero-order valence-corrected chi connectivity index (χ0v) is 11.2. The lowest BCUT2D eigenvalue weighted by Crippen LogP contribution is -2.26. The van der Waals surface area contributed by atoms with Gasteiger partial charge in [-0.1, -0.05) is 51.9 Å². The number of aliphatic hydroxyl groups is 1. The lowest BCUT2D eigenvalue weighted by molar-refractivity contribution is -0.127. The van der Waals surface area contributed by atoms with E-state index in [9.17, 15) is 9.90 Å². The van der Waals surface area contributed by atoms with Crippen LogP contribution in [0.2, 0.25) is 0 Å². The van der Waals surface area contributed by atoms with Crippen LogP contribution in [0.5, 0.6) is 0 Å². The average molecular weight is 241 g/mol. The molecule has 3 heteroatoms. The number of carbonyl (C=O) groups is 1. The summed E-state index contributed by atoms with van der Waals surface area (Å²) in [7, 11) is 0. The fourth-order valence-electron chi connectivity index (χ4n) is 2.40. The molecule has 1 fully saturated rings. The van der Waals surface area contributed by atoms with Gasteiger partial charge in [-0.05, 0) is 6.42 Å². The van der Waals surface area contributed by atoms with Crippen LogP contribution in [0.15, 0.2) is 0 Å². The molecule has 0 spiro atoms. The Labute approximate surface area is 105 Å². The third-order valence-electron chi connectivity index (χ3n) is 3.48. The maximum atomic E-state index is 11.4. The highest BCUT2D eigenvalue weighted by Gasteiger charge is 2.26. The molecule has 3 nitrogen and oxygen atoms in total. The first kappa shape index (κ1) is 14.5. The van der Waals surface area contributed by atoms with Crippen molar-refractivity contribution in [1.82, 2.24) is 4.90 Å². The van der Waals surface area contributed by atoms with Crippen LogP contribution in [0, 0.1) is 0 Å². The maximum absolute atomic E-state index is 11.4. The van der Waals surface area contributed by atoms with Gasteiger partial charge in [0.2, 0.25) is 5.91 Å². The van der Waals surface area contributed by atoms with E-state index in [0.29, 0.717) is 13.0 Å². The number of rotatable bonds is 9. The van der Waals surface area contributed by atoms with Crippen LogP contribution in [0.25, 0.3) is 0 Å². The molecule has 0 aromatic heterocycles. The highest BCUT2D eigenvalue weighted by atomic mass is 16.3. The Morgan fingerprint density at radius 2 is 1.71 bits per heavy atom. The van der Waals surface area contributed by atoms with Crippen molar-refractivity contribution in [2.24, 2.45) is 0 Å².